The van der Waals surface area contributed by atoms with Gasteiger partial charge in [-0.2, -0.15) is 5.10 Å². The van der Waals surface area contributed by atoms with Crippen molar-refractivity contribution in [1.82, 2.24) is 15.2 Å². The molecular weight excluding hydrogens is 200 g/mol. The number of carboxylic acids is 1. The van der Waals surface area contributed by atoms with Crippen LogP contribution in [0.1, 0.15) is 13.8 Å². The van der Waals surface area contributed by atoms with Crippen molar-refractivity contribution < 1.29 is 14.7 Å². The van der Waals surface area contributed by atoms with Crippen molar-refractivity contribution in [3.63, 3.8) is 0 Å². The number of rotatable bonds is 3. The Morgan fingerprint density at radius 1 is 1.40 bits per heavy atom. The molecule has 0 aliphatic rings. The molecule has 0 radical (unpaired) electrons. The molecule has 1 rings (SSSR count). The van der Waals surface area contributed by atoms with E-state index in [2.05, 4.69) is 20.5 Å². The van der Waals surface area contributed by atoms with E-state index in [9.17, 15) is 9.59 Å². The second-order valence-corrected chi connectivity index (χ2v) is 3.35. The largest absolute Gasteiger partial charge is 0.480 e. The summed E-state index contributed by atoms with van der Waals surface area (Å²) in [5, 5.41) is 18.0. The molecule has 7 heteroatoms. The molecule has 0 spiro atoms. The number of carboxylic acid groups (broad SMARTS) is 1. The predicted octanol–water partition coefficient (Wildman–Crippen LogP) is -0.0791. The average molecular weight is 210 g/mol. The molecule has 2 N–H and O–H groups in total. The van der Waals surface area contributed by atoms with E-state index < -0.39 is 17.3 Å². The van der Waals surface area contributed by atoms with Crippen LogP contribution >= 0.6 is 0 Å². The second kappa shape index (κ2) is 3.99. The molecule has 0 aliphatic heterocycles. The highest BCUT2D eigenvalue weighted by atomic mass is 16.4. The van der Waals surface area contributed by atoms with Gasteiger partial charge in [-0.1, -0.05) is 0 Å². The Balaban J connectivity index is 2.77. The van der Waals surface area contributed by atoms with Gasteiger partial charge in [0.2, 0.25) is 11.9 Å². The molecule has 1 heterocycles. The summed E-state index contributed by atoms with van der Waals surface area (Å²) in [4.78, 5) is 25.9. The zero-order valence-corrected chi connectivity index (χ0v) is 8.26. The fourth-order valence-corrected chi connectivity index (χ4v) is 0.660. The Labute approximate surface area is 85.6 Å². The number of hydrogen-bond donors (Lipinski definition) is 2. The summed E-state index contributed by atoms with van der Waals surface area (Å²) >= 11 is 0. The number of aromatic nitrogens is 3. The van der Waals surface area contributed by atoms with Gasteiger partial charge in [0.25, 0.3) is 0 Å². The standard InChI is InChI=1S/C8H10N4O3/c1-8(2,6(14)15)5(13)11-7-9-3-4-10-12-7/h3-4H,1-2H3,(H,14,15)(H,9,11,12,13). The Kier molecular flexibility index (Phi) is 2.93. The van der Waals surface area contributed by atoms with Crippen molar-refractivity contribution in [1.29, 1.82) is 0 Å². The van der Waals surface area contributed by atoms with Crippen LogP contribution in [0.3, 0.4) is 0 Å². The van der Waals surface area contributed by atoms with Crippen LogP contribution in [-0.2, 0) is 9.59 Å². The Morgan fingerprint density at radius 3 is 2.53 bits per heavy atom. The first-order valence-corrected chi connectivity index (χ1v) is 4.13. The lowest BCUT2D eigenvalue weighted by atomic mass is 9.93. The third-order valence-electron chi connectivity index (χ3n) is 1.81. The van der Waals surface area contributed by atoms with Crippen molar-refractivity contribution in [2.24, 2.45) is 5.41 Å². The molecule has 0 aromatic carbocycles. The number of nitrogens with one attached hydrogen (secondary N) is 1. The molecule has 0 atom stereocenters. The number of hydrogen-bond acceptors (Lipinski definition) is 5. The highest BCUT2D eigenvalue weighted by Crippen LogP contribution is 2.16. The van der Waals surface area contributed by atoms with Gasteiger partial charge in [0.15, 0.2) is 0 Å². The first-order valence-electron chi connectivity index (χ1n) is 4.13. The lowest BCUT2D eigenvalue weighted by molar-refractivity contribution is -0.151. The van der Waals surface area contributed by atoms with Crippen LogP contribution in [0, 0.1) is 5.41 Å². The molecule has 0 saturated carbocycles. The minimum absolute atomic E-state index is 0.0168. The van der Waals surface area contributed by atoms with Crippen LogP contribution in [0.2, 0.25) is 0 Å². The zero-order chi connectivity index (χ0) is 11.5. The average Bonchev–Trinajstić information content (AvgIpc) is 2.18. The monoisotopic (exact) mass is 210 g/mol. The number of aliphatic carboxylic acids is 1. The van der Waals surface area contributed by atoms with Gasteiger partial charge >= 0.3 is 5.97 Å². The number of carbonyl (C=O) groups is 2. The zero-order valence-electron chi connectivity index (χ0n) is 8.26. The molecule has 15 heavy (non-hydrogen) atoms. The van der Waals surface area contributed by atoms with Gasteiger partial charge in [0, 0.05) is 0 Å². The van der Waals surface area contributed by atoms with Gasteiger partial charge in [0.05, 0.1) is 12.4 Å². The maximum atomic E-state index is 11.5. The van der Waals surface area contributed by atoms with Crippen molar-refractivity contribution in [2.75, 3.05) is 5.32 Å². The van der Waals surface area contributed by atoms with E-state index >= 15 is 0 Å². The van der Waals surface area contributed by atoms with E-state index in [1.807, 2.05) is 0 Å². The second-order valence-electron chi connectivity index (χ2n) is 3.35. The van der Waals surface area contributed by atoms with Crippen LogP contribution in [-0.4, -0.2) is 32.2 Å². The molecule has 1 aromatic rings. The maximum absolute atomic E-state index is 11.5. The van der Waals surface area contributed by atoms with Gasteiger partial charge in [-0.05, 0) is 13.8 Å². The number of carbonyl (C=O) groups excluding carboxylic acids is 1. The van der Waals surface area contributed by atoms with E-state index in [-0.39, 0.29) is 5.95 Å². The molecule has 7 nitrogen and oxygen atoms in total. The first kappa shape index (κ1) is 11.0. The fourth-order valence-electron chi connectivity index (χ4n) is 0.660. The minimum atomic E-state index is -1.53. The summed E-state index contributed by atoms with van der Waals surface area (Å²) in [5.41, 5.74) is -1.53. The predicted molar refractivity (Wildman–Crippen MR) is 49.9 cm³/mol. The number of amides is 1. The van der Waals surface area contributed by atoms with Crippen LogP contribution in [0.5, 0.6) is 0 Å². The lowest BCUT2D eigenvalue weighted by Gasteiger charge is -2.16. The molecule has 1 amide bonds. The van der Waals surface area contributed by atoms with Crippen molar-refractivity contribution in [3.8, 4) is 0 Å². The smallest absolute Gasteiger partial charge is 0.318 e. The van der Waals surface area contributed by atoms with E-state index in [1.165, 1.54) is 26.2 Å². The first-order chi connectivity index (χ1) is 6.94. The highest BCUT2D eigenvalue weighted by Gasteiger charge is 2.36. The van der Waals surface area contributed by atoms with Gasteiger partial charge in [-0.15, -0.1) is 5.10 Å². The minimum Gasteiger partial charge on any atom is -0.480 e. The molecule has 0 fully saturated rings. The van der Waals surface area contributed by atoms with Gasteiger partial charge in [-0.3, -0.25) is 14.9 Å². The normalized spacial score (nSPS) is 10.8. The van der Waals surface area contributed by atoms with Crippen LogP contribution in [0.25, 0.3) is 0 Å². The molecule has 80 valence electrons. The van der Waals surface area contributed by atoms with Crippen LogP contribution < -0.4 is 5.32 Å². The Morgan fingerprint density at radius 2 is 2.07 bits per heavy atom. The van der Waals surface area contributed by atoms with Crippen molar-refractivity contribution in [3.05, 3.63) is 12.4 Å². The SMILES string of the molecule is CC(C)(C(=O)O)C(=O)Nc1nccnn1. The molecular formula is C8H10N4O3. The van der Waals surface area contributed by atoms with Gasteiger partial charge < -0.3 is 5.11 Å². The Bertz CT molecular complexity index is 377. The third kappa shape index (κ3) is 2.46. The summed E-state index contributed by atoms with van der Waals surface area (Å²) in [5.74, 6) is -1.93. The number of anilines is 1. The molecule has 0 saturated heterocycles. The van der Waals surface area contributed by atoms with Crippen molar-refractivity contribution in [2.45, 2.75) is 13.8 Å². The van der Waals surface area contributed by atoms with Crippen molar-refractivity contribution >= 4 is 17.8 Å². The Hall–Kier alpha value is -2.05. The lowest BCUT2D eigenvalue weighted by Crippen LogP contribution is -2.38. The quantitative estimate of drug-likeness (QED) is 0.676. The van der Waals surface area contributed by atoms with Gasteiger partial charge in [0.1, 0.15) is 5.41 Å². The summed E-state index contributed by atoms with van der Waals surface area (Å²) in [6, 6.07) is 0. The summed E-state index contributed by atoms with van der Waals surface area (Å²) < 4.78 is 0. The highest BCUT2D eigenvalue weighted by molar-refractivity contribution is 6.06. The molecule has 1 aromatic heterocycles. The summed E-state index contributed by atoms with van der Waals surface area (Å²) in [7, 11) is 0. The van der Waals surface area contributed by atoms with Crippen LogP contribution in [0.15, 0.2) is 12.4 Å². The van der Waals surface area contributed by atoms with E-state index in [0.717, 1.165) is 0 Å². The molecule has 0 aliphatic carbocycles. The topological polar surface area (TPSA) is 105 Å². The van der Waals surface area contributed by atoms with Crippen LogP contribution in [0.4, 0.5) is 5.95 Å². The van der Waals surface area contributed by atoms with Gasteiger partial charge in [-0.25, -0.2) is 4.98 Å². The number of nitrogens with zero attached hydrogens (tertiary/aromatic N) is 3. The molecule has 0 bridgehead atoms. The fraction of sp³-hybridized carbons (Fsp3) is 0.375. The summed E-state index contributed by atoms with van der Waals surface area (Å²) in [6.07, 6.45) is 2.69. The third-order valence-corrected chi connectivity index (χ3v) is 1.81. The van der Waals surface area contributed by atoms with E-state index in [0.29, 0.717) is 0 Å². The summed E-state index contributed by atoms with van der Waals surface area (Å²) in [6.45, 7) is 2.59. The molecule has 0 unspecified atom stereocenters. The van der Waals surface area contributed by atoms with E-state index in [1.54, 1.807) is 0 Å². The maximum Gasteiger partial charge on any atom is 0.318 e. The van der Waals surface area contributed by atoms with E-state index in [4.69, 9.17) is 5.11 Å².